The number of amides is 3. The number of fused-ring (bicyclic) bond motifs is 1. The quantitative estimate of drug-likeness (QED) is 0.406. The van der Waals surface area contributed by atoms with E-state index in [0.717, 1.165) is 5.69 Å². The van der Waals surface area contributed by atoms with Crippen LogP contribution in [0, 0.1) is 16.0 Å². The van der Waals surface area contributed by atoms with Gasteiger partial charge in [0.1, 0.15) is 12.1 Å². The summed E-state index contributed by atoms with van der Waals surface area (Å²) >= 11 is 0. The van der Waals surface area contributed by atoms with E-state index in [4.69, 9.17) is 0 Å². The zero-order valence-corrected chi connectivity index (χ0v) is 22.5. The molecule has 0 aromatic heterocycles. The number of carbonyl (C=O) groups is 4. The number of ketones is 1. The molecule has 3 amide bonds. The lowest BCUT2D eigenvalue weighted by Crippen LogP contribution is -2.53. The van der Waals surface area contributed by atoms with E-state index in [2.05, 4.69) is 5.32 Å². The molecule has 2 saturated heterocycles. The molecule has 206 valence electrons. The highest BCUT2D eigenvalue weighted by atomic mass is 16.6. The number of carbonyl (C=O) groups excluding carboxylic acids is 4. The Morgan fingerprint density at radius 2 is 1.64 bits per heavy atom. The van der Waals surface area contributed by atoms with Gasteiger partial charge in [0.2, 0.25) is 5.91 Å². The van der Waals surface area contributed by atoms with E-state index in [1.165, 1.54) is 34.1 Å². The van der Waals surface area contributed by atoms with Gasteiger partial charge in [-0.05, 0) is 55.2 Å². The minimum Gasteiger partial charge on any atom is -0.378 e. The highest BCUT2D eigenvalue weighted by Gasteiger charge is 2.52. The van der Waals surface area contributed by atoms with Gasteiger partial charge in [0.15, 0.2) is 5.78 Å². The molecule has 0 unspecified atom stereocenters. The molecule has 11 heteroatoms. The fraction of sp³-hybridized carbons (Fsp3) is 0.429. The monoisotopic (exact) mass is 535 g/mol. The predicted octanol–water partition coefficient (Wildman–Crippen LogP) is 2.50. The summed E-state index contributed by atoms with van der Waals surface area (Å²) in [4.78, 5) is 68.3. The SMILES string of the molecule is CC(C)C[C@H](NC(=O)c1ccc(N(C)C)cc1)C(=O)N1CC[C@@H]2[C@H]1C(=O)CN2C(=O)c1ccc([N+](=O)[O-])cc1. The third-order valence-electron chi connectivity index (χ3n) is 7.25. The third-order valence-corrected chi connectivity index (χ3v) is 7.25. The molecule has 2 heterocycles. The van der Waals surface area contributed by atoms with E-state index in [1.807, 2.05) is 45.0 Å². The lowest BCUT2D eigenvalue weighted by molar-refractivity contribution is -0.384. The van der Waals surface area contributed by atoms with Gasteiger partial charge in [0, 0.05) is 49.6 Å². The van der Waals surface area contributed by atoms with Crippen LogP contribution in [0.15, 0.2) is 48.5 Å². The molecule has 1 N–H and O–H groups in total. The highest BCUT2D eigenvalue weighted by molar-refractivity contribution is 6.03. The summed E-state index contributed by atoms with van der Waals surface area (Å²) < 4.78 is 0. The third kappa shape index (κ3) is 5.76. The Balaban J connectivity index is 1.49. The van der Waals surface area contributed by atoms with Gasteiger partial charge in [-0.3, -0.25) is 29.3 Å². The number of likely N-dealkylation sites (tertiary alicyclic amines) is 2. The van der Waals surface area contributed by atoms with Crippen molar-refractivity contribution >= 4 is 34.9 Å². The number of nitro groups is 1. The van der Waals surface area contributed by atoms with Crippen LogP contribution in [-0.4, -0.2) is 83.5 Å². The zero-order valence-electron chi connectivity index (χ0n) is 22.5. The molecule has 2 aliphatic heterocycles. The molecule has 0 bridgehead atoms. The van der Waals surface area contributed by atoms with Crippen molar-refractivity contribution in [3.63, 3.8) is 0 Å². The van der Waals surface area contributed by atoms with Gasteiger partial charge in [-0.2, -0.15) is 0 Å². The van der Waals surface area contributed by atoms with Crippen molar-refractivity contribution in [1.82, 2.24) is 15.1 Å². The van der Waals surface area contributed by atoms with Crippen molar-refractivity contribution in [2.24, 2.45) is 5.92 Å². The van der Waals surface area contributed by atoms with E-state index < -0.39 is 29.0 Å². The molecule has 2 aromatic carbocycles. The molecule has 0 spiro atoms. The fourth-order valence-electron chi connectivity index (χ4n) is 5.28. The Morgan fingerprint density at radius 1 is 1.03 bits per heavy atom. The number of hydrogen-bond acceptors (Lipinski definition) is 7. The number of benzene rings is 2. The Labute approximate surface area is 226 Å². The summed E-state index contributed by atoms with van der Waals surface area (Å²) in [5.74, 6) is -1.26. The summed E-state index contributed by atoms with van der Waals surface area (Å²) in [6, 6.07) is 10.2. The molecule has 3 atom stereocenters. The molecule has 39 heavy (non-hydrogen) atoms. The summed E-state index contributed by atoms with van der Waals surface area (Å²) in [7, 11) is 3.81. The first-order valence-electron chi connectivity index (χ1n) is 12.9. The number of anilines is 1. The maximum Gasteiger partial charge on any atom is 0.269 e. The van der Waals surface area contributed by atoms with Crippen molar-refractivity contribution in [3.8, 4) is 0 Å². The summed E-state index contributed by atoms with van der Waals surface area (Å²) in [5.41, 5.74) is 1.48. The molecular formula is C28H33N5O6. The van der Waals surface area contributed by atoms with Gasteiger partial charge in [-0.15, -0.1) is 0 Å². The standard InChI is InChI=1S/C28H33N5O6/c1-17(2)15-22(29-26(35)18-5-9-20(10-6-18)30(3)4)28(37)31-14-13-23-25(31)24(34)16-32(23)27(36)19-7-11-21(12-8-19)33(38)39/h5-12,17,22-23,25H,13-16H2,1-4H3,(H,29,35)/t22-,23+,25-/m0/s1. The van der Waals surface area contributed by atoms with Crippen molar-refractivity contribution in [2.45, 2.75) is 44.8 Å². The number of rotatable bonds is 8. The number of Topliss-reactive ketones (excluding diaryl/α,β-unsaturated/α-hetero) is 1. The van der Waals surface area contributed by atoms with Crippen LogP contribution in [0.5, 0.6) is 0 Å². The maximum atomic E-state index is 13.7. The molecule has 0 saturated carbocycles. The number of nitrogens with one attached hydrogen (secondary N) is 1. The molecule has 0 aliphatic carbocycles. The van der Waals surface area contributed by atoms with E-state index in [0.29, 0.717) is 18.4 Å². The highest BCUT2D eigenvalue weighted by Crippen LogP contribution is 2.32. The number of non-ortho nitro benzene ring substituents is 1. The molecule has 0 radical (unpaired) electrons. The second-order valence-corrected chi connectivity index (χ2v) is 10.6. The van der Waals surface area contributed by atoms with Crippen molar-refractivity contribution in [1.29, 1.82) is 0 Å². The van der Waals surface area contributed by atoms with Crippen LogP contribution >= 0.6 is 0 Å². The van der Waals surface area contributed by atoms with Crippen molar-refractivity contribution in [3.05, 3.63) is 69.8 Å². The van der Waals surface area contributed by atoms with Gasteiger partial charge >= 0.3 is 0 Å². The lowest BCUT2D eigenvalue weighted by atomic mass is 10.0. The summed E-state index contributed by atoms with van der Waals surface area (Å²) in [6.45, 7) is 4.05. The van der Waals surface area contributed by atoms with Gasteiger partial charge < -0.3 is 20.0 Å². The van der Waals surface area contributed by atoms with Crippen LogP contribution < -0.4 is 10.2 Å². The lowest BCUT2D eigenvalue weighted by Gasteiger charge is -2.29. The number of nitrogens with zero attached hydrogens (tertiary/aromatic N) is 4. The first-order chi connectivity index (χ1) is 18.5. The average molecular weight is 536 g/mol. The first kappa shape index (κ1) is 27.7. The van der Waals surface area contributed by atoms with Crippen molar-refractivity contribution in [2.75, 3.05) is 32.1 Å². The van der Waals surface area contributed by atoms with Crippen LogP contribution in [0.1, 0.15) is 47.4 Å². The molecule has 4 rings (SSSR count). The molecule has 2 aliphatic rings. The van der Waals surface area contributed by atoms with Crippen LogP contribution in [0.4, 0.5) is 11.4 Å². The summed E-state index contributed by atoms with van der Waals surface area (Å²) in [5, 5.41) is 13.8. The topological polar surface area (TPSA) is 133 Å². The van der Waals surface area contributed by atoms with Gasteiger partial charge in [0.05, 0.1) is 17.5 Å². The van der Waals surface area contributed by atoms with E-state index in [1.54, 1.807) is 12.1 Å². The van der Waals surface area contributed by atoms with E-state index >= 15 is 0 Å². The number of hydrogen-bond donors (Lipinski definition) is 1. The van der Waals surface area contributed by atoms with Gasteiger partial charge in [0.25, 0.3) is 17.5 Å². The van der Waals surface area contributed by atoms with Gasteiger partial charge in [-0.25, -0.2) is 0 Å². The first-order valence-corrected chi connectivity index (χ1v) is 12.9. The number of nitro benzene ring substituents is 1. The molecular weight excluding hydrogens is 502 g/mol. The Bertz CT molecular complexity index is 1270. The van der Waals surface area contributed by atoms with E-state index in [-0.39, 0.29) is 47.9 Å². The molecule has 11 nitrogen and oxygen atoms in total. The fourth-order valence-corrected chi connectivity index (χ4v) is 5.28. The zero-order chi connectivity index (χ0) is 28.4. The van der Waals surface area contributed by atoms with Crippen molar-refractivity contribution < 1.29 is 24.1 Å². The second-order valence-electron chi connectivity index (χ2n) is 10.6. The normalized spacial score (nSPS) is 19.2. The van der Waals surface area contributed by atoms with Crippen LogP contribution in [0.2, 0.25) is 0 Å². The summed E-state index contributed by atoms with van der Waals surface area (Å²) in [6.07, 6.45) is 0.823. The predicted molar refractivity (Wildman–Crippen MR) is 145 cm³/mol. The maximum absolute atomic E-state index is 13.7. The second kappa shape index (κ2) is 11.2. The van der Waals surface area contributed by atoms with Crippen LogP contribution in [0.3, 0.4) is 0 Å². The van der Waals surface area contributed by atoms with Gasteiger partial charge in [-0.1, -0.05) is 13.8 Å². The minimum atomic E-state index is -0.822. The minimum absolute atomic E-state index is 0.105. The molecule has 2 aromatic rings. The van der Waals surface area contributed by atoms with E-state index in [9.17, 15) is 29.3 Å². The van der Waals surface area contributed by atoms with Crippen LogP contribution in [0.25, 0.3) is 0 Å². The Hall–Kier alpha value is -4.28. The average Bonchev–Trinajstić information content (AvgIpc) is 3.48. The van der Waals surface area contributed by atoms with Crippen LogP contribution in [-0.2, 0) is 9.59 Å². The smallest absolute Gasteiger partial charge is 0.269 e. The molecule has 2 fully saturated rings. The Kier molecular flexibility index (Phi) is 7.98. The largest absolute Gasteiger partial charge is 0.378 e. The Morgan fingerprint density at radius 3 is 2.21 bits per heavy atom.